The summed E-state index contributed by atoms with van der Waals surface area (Å²) in [5.74, 6) is 0. The molecule has 0 bridgehead atoms. The third-order valence-corrected chi connectivity index (χ3v) is 3.31. The summed E-state index contributed by atoms with van der Waals surface area (Å²) in [6.45, 7) is 0.468. The van der Waals surface area contributed by atoms with Crippen LogP contribution in [-0.4, -0.2) is 4.57 Å². The summed E-state index contributed by atoms with van der Waals surface area (Å²) in [5, 5.41) is 10.0. The van der Waals surface area contributed by atoms with Gasteiger partial charge < -0.3 is 4.57 Å². The lowest BCUT2D eigenvalue weighted by molar-refractivity contribution is 0.792. The summed E-state index contributed by atoms with van der Waals surface area (Å²) >= 11 is 0. The number of aromatic nitrogens is 1. The van der Waals surface area contributed by atoms with Gasteiger partial charge in [-0.3, -0.25) is 4.79 Å². The van der Waals surface area contributed by atoms with Gasteiger partial charge in [0.1, 0.15) is 11.6 Å². The molecule has 0 aliphatic heterocycles. The van der Waals surface area contributed by atoms with Crippen LogP contribution < -0.4 is 5.56 Å². The van der Waals surface area contributed by atoms with Crippen LogP contribution in [0.15, 0.2) is 65.5 Å². The van der Waals surface area contributed by atoms with Gasteiger partial charge in [0, 0.05) is 0 Å². The molecule has 0 atom stereocenters. The van der Waals surface area contributed by atoms with Crippen LogP contribution in [0, 0.1) is 11.3 Å². The molecule has 1 aromatic heterocycles. The van der Waals surface area contributed by atoms with Gasteiger partial charge in [0.05, 0.1) is 12.1 Å². The maximum Gasteiger partial charge on any atom is 0.269 e. The fraction of sp³-hybridized carbons (Fsp3) is 0.0588. The molecular formula is C17H12N2O. The number of fused-ring (bicyclic) bond motifs is 1. The van der Waals surface area contributed by atoms with Crippen molar-refractivity contribution < 1.29 is 0 Å². The van der Waals surface area contributed by atoms with Gasteiger partial charge in [-0.2, -0.15) is 5.26 Å². The first-order valence-corrected chi connectivity index (χ1v) is 6.36. The molecule has 0 fully saturated rings. The van der Waals surface area contributed by atoms with E-state index >= 15 is 0 Å². The summed E-state index contributed by atoms with van der Waals surface area (Å²) in [6, 6.07) is 21.0. The Morgan fingerprint density at radius 3 is 2.45 bits per heavy atom. The summed E-state index contributed by atoms with van der Waals surface area (Å²) in [7, 11) is 0. The van der Waals surface area contributed by atoms with Crippen LogP contribution in [0.2, 0.25) is 0 Å². The second-order valence-corrected chi connectivity index (χ2v) is 4.61. The molecule has 0 aliphatic rings. The molecule has 3 aromatic rings. The zero-order valence-corrected chi connectivity index (χ0v) is 10.8. The average Bonchev–Trinajstić information content (AvgIpc) is 2.51. The lowest BCUT2D eigenvalue weighted by atomic mass is 10.1. The Labute approximate surface area is 116 Å². The highest BCUT2D eigenvalue weighted by molar-refractivity contribution is 5.80. The van der Waals surface area contributed by atoms with E-state index in [1.165, 1.54) is 0 Å². The molecule has 20 heavy (non-hydrogen) atoms. The Hall–Kier alpha value is -2.86. The van der Waals surface area contributed by atoms with Crippen molar-refractivity contribution in [2.75, 3.05) is 0 Å². The fourth-order valence-electron chi connectivity index (χ4n) is 2.33. The monoisotopic (exact) mass is 260 g/mol. The molecule has 3 rings (SSSR count). The summed E-state index contributed by atoms with van der Waals surface area (Å²) in [4.78, 5) is 12.4. The molecule has 2 aromatic carbocycles. The van der Waals surface area contributed by atoms with Gasteiger partial charge in [-0.1, -0.05) is 48.5 Å². The molecule has 0 saturated heterocycles. The van der Waals surface area contributed by atoms with Crippen molar-refractivity contribution in [3.63, 3.8) is 0 Å². The van der Waals surface area contributed by atoms with Crippen molar-refractivity contribution in [3.05, 3.63) is 82.1 Å². The van der Waals surface area contributed by atoms with Crippen molar-refractivity contribution in [2.45, 2.75) is 6.54 Å². The van der Waals surface area contributed by atoms with E-state index in [1.54, 1.807) is 10.6 Å². The van der Waals surface area contributed by atoms with Crippen molar-refractivity contribution in [1.29, 1.82) is 5.26 Å². The van der Waals surface area contributed by atoms with Gasteiger partial charge in [0.15, 0.2) is 0 Å². The highest BCUT2D eigenvalue weighted by Gasteiger charge is 2.08. The second-order valence-electron chi connectivity index (χ2n) is 4.61. The molecular weight excluding hydrogens is 248 g/mol. The number of pyridine rings is 1. The molecule has 0 radical (unpaired) electrons. The van der Waals surface area contributed by atoms with Crippen LogP contribution in [0.25, 0.3) is 10.9 Å². The van der Waals surface area contributed by atoms with Gasteiger partial charge in [-0.15, -0.1) is 0 Å². The molecule has 0 saturated carbocycles. The van der Waals surface area contributed by atoms with Crippen LogP contribution >= 0.6 is 0 Å². The van der Waals surface area contributed by atoms with Crippen LogP contribution in [0.5, 0.6) is 0 Å². The van der Waals surface area contributed by atoms with E-state index in [0.29, 0.717) is 6.54 Å². The van der Waals surface area contributed by atoms with Crippen LogP contribution in [0.1, 0.15) is 11.1 Å². The SMILES string of the molecule is N#Cc1cc2ccccc2n(Cc2ccccc2)c1=O. The van der Waals surface area contributed by atoms with E-state index < -0.39 is 0 Å². The van der Waals surface area contributed by atoms with E-state index in [1.807, 2.05) is 60.7 Å². The molecule has 96 valence electrons. The summed E-state index contributed by atoms with van der Waals surface area (Å²) in [6.07, 6.45) is 0. The van der Waals surface area contributed by atoms with Crippen LogP contribution in [0.4, 0.5) is 0 Å². The van der Waals surface area contributed by atoms with Gasteiger partial charge in [0.2, 0.25) is 0 Å². The van der Waals surface area contributed by atoms with Crippen molar-refractivity contribution >= 4 is 10.9 Å². The molecule has 0 aliphatic carbocycles. The lowest BCUT2D eigenvalue weighted by Crippen LogP contribution is -2.23. The normalized spacial score (nSPS) is 10.3. The Bertz CT molecular complexity index is 858. The van der Waals surface area contributed by atoms with Crippen molar-refractivity contribution in [3.8, 4) is 6.07 Å². The van der Waals surface area contributed by atoms with E-state index in [-0.39, 0.29) is 11.1 Å². The number of nitrogens with zero attached hydrogens (tertiary/aromatic N) is 2. The van der Waals surface area contributed by atoms with Gasteiger partial charge >= 0.3 is 0 Å². The predicted octanol–water partition coefficient (Wildman–Crippen LogP) is 2.92. The van der Waals surface area contributed by atoms with E-state index in [4.69, 9.17) is 5.26 Å². The number of benzene rings is 2. The van der Waals surface area contributed by atoms with E-state index in [9.17, 15) is 4.79 Å². The average molecular weight is 260 g/mol. The smallest absolute Gasteiger partial charge is 0.269 e. The first-order chi connectivity index (χ1) is 9.79. The molecule has 0 spiro atoms. The molecule has 0 unspecified atom stereocenters. The number of nitriles is 1. The summed E-state index contributed by atoms with van der Waals surface area (Å²) < 4.78 is 1.66. The Balaban J connectivity index is 2.25. The molecule has 3 nitrogen and oxygen atoms in total. The maximum absolute atomic E-state index is 12.4. The minimum absolute atomic E-state index is 0.180. The lowest BCUT2D eigenvalue weighted by Gasteiger charge is -2.11. The Morgan fingerprint density at radius 1 is 1.00 bits per heavy atom. The quantitative estimate of drug-likeness (QED) is 0.711. The topological polar surface area (TPSA) is 45.8 Å². The fourth-order valence-corrected chi connectivity index (χ4v) is 2.33. The highest BCUT2D eigenvalue weighted by Crippen LogP contribution is 2.14. The standard InChI is InChI=1S/C17H12N2O/c18-11-15-10-14-8-4-5-9-16(14)19(17(15)20)12-13-6-2-1-3-7-13/h1-10H,12H2. The third-order valence-electron chi connectivity index (χ3n) is 3.31. The first kappa shape index (κ1) is 12.2. The molecule has 0 N–H and O–H groups in total. The molecule has 3 heteroatoms. The van der Waals surface area contributed by atoms with Crippen LogP contribution in [0.3, 0.4) is 0 Å². The zero-order chi connectivity index (χ0) is 13.9. The largest absolute Gasteiger partial charge is 0.303 e. The van der Waals surface area contributed by atoms with Crippen LogP contribution in [-0.2, 0) is 6.54 Å². The maximum atomic E-state index is 12.4. The van der Waals surface area contributed by atoms with Gasteiger partial charge in [0.25, 0.3) is 5.56 Å². The minimum Gasteiger partial charge on any atom is -0.303 e. The van der Waals surface area contributed by atoms with Gasteiger partial charge in [-0.05, 0) is 23.1 Å². The number of para-hydroxylation sites is 1. The van der Waals surface area contributed by atoms with E-state index in [0.717, 1.165) is 16.5 Å². The Morgan fingerprint density at radius 2 is 1.70 bits per heavy atom. The number of hydrogen-bond acceptors (Lipinski definition) is 2. The first-order valence-electron chi connectivity index (χ1n) is 6.36. The third kappa shape index (κ3) is 2.08. The summed E-state index contributed by atoms with van der Waals surface area (Å²) in [5.41, 5.74) is 1.82. The number of hydrogen-bond donors (Lipinski definition) is 0. The minimum atomic E-state index is -0.241. The Kier molecular flexibility index (Phi) is 3.06. The number of rotatable bonds is 2. The highest BCUT2D eigenvalue weighted by atomic mass is 16.1. The zero-order valence-electron chi connectivity index (χ0n) is 10.8. The molecule has 0 amide bonds. The predicted molar refractivity (Wildman–Crippen MR) is 78.5 cm³/mol. The molecule has 1 heterocycles. The van der Waals surface area contributed by atoms with Gasteiger partial charge in [-0.25, -0.2) is 0 Å². The van der Waals surface area contributed by atoms with Crippen molar-refractivity contribution in [2.24, 2.45) is 0 Å². The van der Waals surface area contributed by atoms with Crippen molar-refractivity contribution in [1.82, 2.24) is 4.57 Å². The van der Waals surface area contributed by atoms with E-state index in [2.05, 4.69) is 0 Å². The second kappa shape index (κ2) is 5.02.